The van der Waals surface area contributed by atoms with Crippen LogP contribution in [0.25, 0.3) is 0 Å². The Labute approximate surface area is 122 Å². The molecule has 112 valence electrons. The molecule has 0 aromatic heterocycles. The second-order valence-corrected chi connectivity index (χ2v) is 6.93. The fourth-order valence-corrected chi connectivity index (χ4v) is 2.37. The number of hydrogen-bond acceptors (Lipinski definition) is 2. The van der Waals surface area contributed by atoms with E-state index in [1.165, 1.54) is 0 Å². The summed E-state index contributed by atoms with van der Waals surface area (Å²) in [6.45, 7) is 11.0. The van der Waals surface area contributed by atoms with Crippen LogP contribution < -0.4 is 11.1 Å². The SMILES string of the molecule is CC(C)c1ccccc1NC(=O)C(CN)CC(C)(C)C. The number of anilines is 1. The Morgan fingerprint density at radius 1 is 1.25 bits per heavy atom. The van der Waals surface area contributed by atoms with Crippen LogP contribution in [0.4, 0.5) is 5.69 Å². The zero-order chi connectivity index (χ0) is 15.3. The number of para-hydroxylation sites is 1. The first kappa shape index (κ1) is 16.7. The van der Waals surface area contributed by atoms with Crippen LogP contribution in [-0.4, -0.2) is 12.5 Å². The fourth-order valence-electron chi connectivity index (χ4n) is 2.37. The first-order chi connectivity index (χ1) is 9.24. The molecule has 0 saturated carbocycles. The number of hydrogen-bond donors (Lipinski definition) is 2. The number of amides is 1. The van der Waals surface area contributed by atoms with E-state index in [0.717, 1.165) is 17.7 Å². The van der Waals surface area contributed by atoms with Crippen molar-refractivity contribution in [1.82, 2.24) is 0 Å². The van der Waals surface area contributed by atoms with E-state index in [-0.39, 0.29) is 17.2 Å². The standard InChI is InChI=1S/C17H28N2O/c1-12(2)14-8-6-7-9-15(14)19-16(20)13(11-18)10-17(3,4)5/h6-9,12-13H,10-11,18H2,1-5H3,(H,19,20). The number of benzene rings is 1. The molecule has 3 heteroatoms. The molecule has 3 nitrogen and oxygen atoms in total. The molecule has 3 N–H and O–H groups in total. The Kier molecular flexibility index (Phi) is 5.75. The second-order valence-electron chi connectivity index (χ2n) is 6.93. The quantitative estimate of drug-likeness (QED) is 0.860. The minimum Gasteiger partial charge on any atom is -0.330 e. The molecule has 1 unspecified atom stereocenters. The normalized spacial score (nSPS) is 13.3. The summed E-state index contributed by atoms with van der Waals surface area (Å²) in [6, 6.07) is 7.96. The minimum absolute atomic E-state index is 0.0236. The maximum absolute atomic E-state index is 12.4. The molecular formula is C17H28N2O. The van der Waals surface area contributed by atoms with Crippen LogP contribution in [0.5, 0.6) is 0 Å². The highest BCUT2D eigenvalue weighted by Gasteiger charge is 2.24. The van der Waals surface area contributed by atoms with E-state index in [4.69, 9.17) is 5.73 Å². The largest absolute Gasteiger partial charge is 0.330 e. The predicted octanol–water partition coefficient (Wildman–Crippen LogP) is 3.76. The molecule has 1 amide bonds. The number of rotatable bonds is 5. The zero-order valence-corrected chi connectivity index (χ0v) is 13.4. The van der Waals surface area contributed by atoms with Gasteiger partial charge in [-0.2, -0.15) is 0 Å². The zero-order valence-electron chi connectivity index (χ0n) is 13.4. The molecule has 0 heterocycles. The number of nitrogens with one attached hydrogen (secondary N) is 1. The maximum atomic E-state index is 12.4. The van der Waals surface area contributed by atoms with Gasteiger partial charge in [0.25, 0.3) is 0 Å². The summed E-state index contributed by atoms with van der Waals surface area (Å²) in [6.07, 6.45) is 0.791. The van der Waals surface area contributed by atoms with Crippen LogP contribution in [0.2, 0.25) is 0 Å². The first-order valence-electron chi connectivity index (χ1n) is 7.34. The molecule has 0 spiro atoms. The van der Waals surface area contributed by atoms with Gasteiger partial charge in [0.05, 0.1) is 5.92 Å². The van der Waals surface area contributed by atoms with Crippen molar-refractivity contribution in [1.29, 1.82) is 0 Å². The predicted molar refractivity (Wildman–Crippen MR) is 85.8 cm³/mol. The molecule has 0 radical (unpaired) electrons. The highest BCUT2D eigenvalue weighted by atomic mass is 16.1. The first-order valence-corrected chi connectivity index (χ1v) is 7.34. The van der Waals surface area contributed by atoms with Gasteiger partial charge < -0.3 is 11.1 Å². The maximum Gasteiger partial charge on any atom is 0.228 e. The lowest BCUT2D eigenvalue weighted by Gasteiger charge is -2.25. The van der Waals surface area contributed by atoms with Gasteiger partial charge in [-0.05, 0) is 29.4 Å². The van der Waals surface area contributed by atoms with E-state index < -0.39 is 0 Å². The second kappa shape index (κ2) is 6.89. The molecule has 0 saturated heterocycles. The van der Waals surface area contributed by atoms with Gasteiger partial charge in [-0.25, -0.2) is 0 Å². The van der Waals surface area contributed by atoms with Crippen molar-refractivity contribution in [2.24, 2.45) is 17.1 Å². The Bertz CT molecular complexity index is 447. The van der Waals surface area contributed by atoms with Crippen molar-refractivity contribution in [3.8, 4) is 0 Å². The summed E-state index contributed by atoms with van der Waals surface area (Å²) in [4.78, 5) is 12.4. The Balaban J connectivity index is 2.84. The molecule has 1 aromatic rings. The van der Waals surface area contributed by atoms with Gasteiger partial charge in [0, 0.05) is 12.2 Å². The molecule has 20 heavy (non-hydrogen) atoms. The Morgan fingerprint density at radius 3 is 2.35 bits per heavy atom. The molecule has 0 aliphatic heterocycles. The van der Waals surface area contributed by atoms with E-state index >= 15 is 0 Å². The Hall–Kier alpha value is -1.35. The third-order valence-electron chi connectivity index (χ3n) is 3.35. The smallest absolute Gasteiger partial charge is 0.228 e. The monoisotopic (exact) mass is 276 g/mol. The van der Waals surface area contributed by atoms with Gasteiger partial charge >= 0.3 is 0 Å². The highest BCUT2D eigenvalue weighted by molar-refractivity contribution is 5.93. The summed E-state index contributed by atoms with van der Waals surface area (Å²) < 4.78 is 0. The highest BCUT2D eigenvalue weighted by Crippen LogP contribution is 2.27. The van der Waals surface area contributed by atoms with Gasteiger partial charge in [-0.1, -0.05) is 52.8 Å². The average molecular weight is 276 g/mol. The summed E-state index contributed by atoms with van der Waals surface area (Å²) >= 11 is 0. The molecule has 0 bridgehead atoms. The van der Waals surface area contributed by atoms with Gasteiger partial charge in [0.2, 0.25) is 5.91 Å². The third-order valence-corrected chi connectivity index (χ3v) is 3.35. The van der Waals surface area contributed by atoms with Crippen LogP contribution in [0, 0.1) is 11.3 Å². The van der Waals surface area contributed by atoms with Gasteiger partial charge in [0.1, 0.15) is 0 Å². The van der Waals surface area contributed by atoms with Crippen LogP contribution in [0.1, 0.15) is 52.5 Å². The van der Waals surface area contributed by atoms with Gasteiger partial charge in [-0.3, -0.25) is 4.79 Å². The van der Waals surface area contributed by atoms with E-state index in [1.807, 2.05) is 18.2 Å². The lowest BCUT2D eigenvalue weighted by Crippen LogP contribution is -2.32. The molecule has 1 rings (SSSR count). The van der Waals surface area contributed by atoms with Gasteiger partial charge in [-0.15, -0.1) is 0 Å². The lowest BCUT2D eigenvalue weighted by atomic mass is 9.84. The molecule has 0 aliphatic rings. The van der Waals surface area contributed by atoms with Gasteiger partial charge in [0.15, 0.2) is 0 Å². The van der Waals surface area contributed by atoms with E-state index in [9.17, 15) is 4.79 Å². The van der Waals surface area contributed by atoms with Crippen LogP contribution in [-0.2, 0) is 4.79 Å². The minimum atomic E-state index is -0.143. The van der Waals surface area contributed by atoms with E-state index in [0.29, 0.717) is 12.5 Å². The lowest BCUT2D eigenvalue weighted by molar-refractivity contribution is -0.120. The summed E-state index contributed by atoms with van der Waals surface area (Å²) in [7, 11) is 0. The van der Waals surface area contributed by atoms with E-state index in [2.05, 4.69) is 46.0 Å². The number of nitrogens with two attached hydrogens (primary N) is 1. The third kappa shape index (κ3) is 4.97. The molecule has 1 aromatic carbocycles. The van der Waals surface area contributed by atoms with Crippen molar-refractivity contribution >= 4 is 11.6 Å². The topological polar surface area (TPSA) is 55.1 Å². The van der Waals surface area contributed by atoms with Crippen molar-refractivity contribution in [2.75, 3.05) is 11.9 Å². The molecule has 1 atom stereocenters. The van der Waals surface area contributed by atoms with Crippen molar-refractivity contribution in [3.63, 3.8) is 0 Å². The Morgan fingerprint density at radius 2 is 1.85 bits per heavy atom. The number of carbonyl (C=O) groups excluding carboxylic acids is 1. The molecular weight excluding hydrogens is 248 g/mol. The summed E-state index contributed by atoms with van der Waals surface area (Å²) in [5.41, 5.74) is 7.93. The molecule has 0 aliphatic carbocycles. The summed E-state index contributed by atoms with van der Waals surface area (Å²) in [5.74, 6) is 0.260. The fraction of sp³-hybridized carbons (Fsp3) is 0.588. The number of carbonyl (C=O) groups is 1. The van der Waals surface area contributed by atoms with Crippen molar-refractivity contribution < 1.29 is 4.79 Å². The summed E-state index contributed by atoms with van der Waals surface area (Å²) in [5, 5.41) is 3.05. The average Bonchev–Trinajstić information content (AvgIpc) is 2.35. The van der Waals surface area contributed by atoms with Crippen LogP contribution in [0.15, 0.2) is 24.3 Å². The van der Waals surface area contributed by atoms with E-state index in [1.54, 1.807) is 0 Å². The van der Waals surface area contributed by atoms with Crippen LogP contribution in [0.3, 0.4) is 0 Å². The van der Waals surface area contributed by atoms with Crippen LogP contribution >= 0.6 is 0 Å². The molecule has 0 fully saturated rings. The van der Waals surface area contributed by atoms with Crippen molar-refractivity contribution in [2.45, 2.75) is 47.0 Å². The van der Waals surface area contributed by atoms with Crippen molar-refractivity contribution in [3.05, 3.63) is 29.8 Å².